The van der Waals surface area contributed by atoms with Crippen LogP contribution in [0, 0.1) is 11.7 Å². The summed E-state index contributed by atoms with van der Waals surface area (Å²) < 4.78 is 86.4. The van der Waals surface area contributed by atoms with Crippen LogP contribution in [0.5, 0.6) is 0 Å². The fraction of sp³-hybridized carbons (Fsp3) is 0.480. The zero-order chi connectivity index (χ0) is 26.9. The van der Waals surface area contributed by atoms with Gasteiger partial charge in [0.2, 0.25) is 5.91 Å². The minimum Gasteiger partial charge on any atom is -0.392 e. The second-order valence-corrected chi connectivity index (χ2v) is 9.39. The molecule has 1 heterocycles. The van der Waals surface area contributed by atoms with E-state index in [4.69, 9.17) is 5.11 Å². The van der Waals surface area contributed by atoms with E-state index in [0.717, 1.165) is 24.8 Å². The molecule has 3 N–H and O–H groups in total. The molecule has 198 valence electrons. The van der Waals surface area contributed by atoms with Crippen LogP contribution < -0.4 is 5.32 Å². The summed E-state index contributed by atoms with van der Waals surface area (Å²) >= 11 is 0. The monoisotopic (exact) mass is 521 g/mol. The van der Waals surface area contributed by atoms with Crippen molar-refractivity contribution >= 4 is 5.91 Å². The Morgan fingerprint density at radius 2 is 1.53 bits per heavy atom. The van der Waals surface area contributed by atoms with Gasteiger partial charge in [0.15, 0.2) is 0 Å². The van der Waals surface area contributed by atoms with E-state index in [1.807, 2.05) is 19.1 Å². The van der Waals surface area contributed by atoms with Crippen molar-refractivity contribution in [2.75, 3.05) is 0 Å². The van der Waals surface area contributed by atoms with Crippen LogP contribution in [0.2, 0.25) is 0 Å². The largest absolute Gasteiger partial charge is 0.416 e. The van der Waals surface area contributed by atoms with E-state index in [1.165, 1.54) is 12.1 Å². The van der Waals surface area contributed by atoms with E-state index in [9.17, 15) is 40.6 Å². The molecule has 1 amide bonds. The summed E-state index contributed by atoms with van der Waals surface area (Å²) in [6.07, 6.45) is -6.98. The molecule has 4 unspecified atom stereocenters. The molecule has 0 spiro atoms. The van der Waals surface area contributed by atoms with Crippen LogP contribution in [-0.2, 0) is 23.8 Å². The minimum absolute atomic E-state index is 0.0131. The van der Waals surface area contributed by atoms with Crippen molar-refractivity contribution < 1.29 is 45.7 Å². The normalized spacial score (nSPS) is 26.4. The molecule has 4 atom stereocenters. The van der Waals surface area contributed by atoms with Gasteiger partial charge in [-0.3, -0.25) is 4.79 Å². The van der Waals surface area contributed by atoms with Crippen molar-refractivity contribution in [2.24, 2.45) is 5.92 Å². The van der Waals surface area contributed by atoms with Gasteiger partial charge in [0.05, 0.1) is 17.7 Å². The van der Waals surface area contributed by atoms with Crippen LogP contribution in [0.1, 0.15) is 60.8 Å². The molecule has 2 aromatic rings. The van der Waals surface area contributed by atoms with Gasteiger partial charge < -0.3 is 15.5 Å². The van der Waals surface area contributed by atoms with Gasteiger partial charge in [-0.05, 0) is 73.1 Å². The maximum atomic E-state index is 13.1. The molecule has 2 fully saturated rings. The summed E-state index contributed by atoms with van der Waals surface area (Å²) in [5.41, 5.74) is -2.50. The predicted molar refractivity (Wildman–Crippen MR) is 116 cm³/mol. The molecule has 0 radical (unpaired) electrons. The van der Waals surface area contributed by atoms with Crippen molar-refractivity contribution in [3.8, 4) is 0 Å². The highest BCUT2D eigenvalue weighted by atomic mass is 19.4. The average molecular weight is 521 g/mol. The third kappa shape index (κ3) is 6.36. The van der Waals surface area contributed by atoms with E-state index in [0.29, 0.717) is 30.4 Å². The Kier molecular flexibility index (Phi) is 8.04. The Balaban J connectivity index is 0.000000207. The minimum atomic E-state index is -4.87. The van der Waals surface area contributed by atoms with E-state index >= 15 is 0 Å². The van der Waals surface area contributed by atoms with Crippen molar-refractivity contribution in [2.45, 2.75) is 69.1 Å². The average Bonchev–Trinajstić information content (AvgIpc) is 3.38. The zero-order valence-corrected chi connectivity index (χ0v) is 19.3. The number of aliphatic hydroxyl groups is 2. The lowest BCUT2D eigenvalue weighted by Crippen LogP contribution is -2.46. The summed E-state index contributed by atoms with van der Waals surface area (Å²) in [6.45, 7) is 1.14. The second-order valence-electron chi connectivity index (χ2n) is 9.39. The first-order valence-corrected chi connectivity index (χ1v) is 11.3. The van der Waals surface area contributed by atoms with Crippen LogP contribution in [0.15, 0.2) is 42.5 Å². The summed E-state index contributed by atoms with van der Waals surface area (Å²) in [4.78, 5) is 11.6. The number of aliphatic hydroxyl groups excluding tert-OH is 2. The number of benzene rings is 2. The van der Waals surface area contributed by atoms with E-state index in [2.05, 4.69) is 5.32 Å². The van der Waals surface area contributed by atoms with Gasteiger partial charge in [-0.1, -0.05) is 18.6 Å². The third-order valence-electron chi connectivity index (χ3n) is 6.79. The molecule has 1 aliphatic carbocycles. The molecule has 0 bridgehead atoms. The van der Waals surface area contributed by atoms with Crippen LogP contribution in [-0.4, -0.2) is 27.8 Å². The smallest absolute Gasteiger partial charge is 0.392 e. The number of amides is 1. The maximum absolute atomic E-state index is 13.1. The van der Waals surface area contributed by atoms with Gasteiger partial charge in [0, 0.05) is 12.0 Å². The molecule has 36 heavy (non-hydrogen) atoms. The Bertz CT molecular complexity index is 1040. The summed E-state index contributed by atoms with van der Waals surface area (Å²) in [5.74, 6) is 0.136. The quantitative estimate of drug-likeness (QED) is 0.463. The Morgan fingerprint density at radius 1 is 0.972 bits per heavy atom. The molecule has 4 nitrogen and oxygen atoms in total. The number of hydrogen-bond donors (Lipinski definition) is 3. The van der Waals surface area contributed by atoms with Gasteiger partial charge in [-0.2, -0.15) is 26.3 Å². The lowest BCUT2D eigenvalue weighted by atomic mass is 9.75. The number of carbonyl (C=O) groups excluding carboxylic acids is 1. The first-order chi connectivity index (χ1) is 16.6. The Morgan fingerprint density at radius 3 is 1.97 bits per heavy atom. The Labute approximate surface area is 203 Å². The van der Waals surface area contributed by atoms with Gasteiger partial charge >= 0.3 is 12.4 Å². The van der Waals surface area contributed by atoms with Crippen LogP contribution in [0.4, 0.5) is 30.7 Å². The van der Waals surface area contributed by atoms with Gasteiger partial charge in [-0.25, -0.2) is 4.39 Å². The molecule has 1 saturated carbocycles. The molecule has 0 aromatic heterocycles. The summed E-state index contributed by atoms with van der Waals surface area (Å²) in [5, 5.41) is 21.3. The third-order valence-corrected chi connectivity index (χ3v) is 6.79. The van der Waals surface area contributed by atoms with Crippen molar-refractivity contribution in [3.05, 3.63) is 70.5 Å². The topological polar surface area (TPSA) is 69.6 Å². The predicted octanol–water partition coefficient (Wildman–Crippen LogP) is 5.57. The first kappa shape index (κ1) is 27.9. The molecule has 4 rings (SSSR count). The van der Waals surface area contributed by atoms with Gasteiger partial charge in [0.25, 0.3) is 0 Å². The van der Waals surface area contributed by atoms with E-state index in [1.54, 1.807) is 0 Å². The number of alkyl halides is 6. The van der Waals surface area contributed by atoms with Crippen molar-refractivity contribution in [3.63, 3.8) is 0 Å². The number of nitrogens with one attached hydrogen (secondary N) is 1. The molecular weight excluding hydrogens is 495 g/mol. The lowest BCUT2D eigenvalue weighted by molar-refractivity contribution is -0.143. The van der Waals surface area contributed by atoms with Crippen LogP contribution in [0.3, 0.4) is 0 Å². The van der Waals surface area contributed by atoms with Crippen LogP contribution in [0.25, 0.3) is 0 Å². The number of carbonyl (C=O) groups is 1. The second kappa shape index (κ2) is 10.4. The van der Waals surface area contributed by atoms with E-state index < -0.39 is 41.8 Å². The van der Waals surface area contributed by atoms with Crippen molar-refractivity contribution in [1.29, 1.82) is 0 Å². The molecule has 11 heteroatoms. The Hall–Kier alpha value is -2.66. The fourth-order valence-corrected chi connectivity index (χ4v) is 5.10. The standard InChI is InChI=1S/C16H20FNO2.C9H6F6O/c1-16(9-14(19)15(20)18-16)13-4-2-3-12(13)10-5-7-11(17)8-6-10;10-8(11,12)6-1-5(4-16)2-7(3-6)9(13,14)15/h5-8,12-14,19H,2-4,9H2,1H3,(H,18,20);1-3,16H,4H2. The zero-order valence-electron chi connectivity index (χ0n) is 19.3. The van der Waals surface area contributed by atoms with Gasteiger partial charge in [-0.15, -0.1) is 0 Å². The maximum Gasteiger partial charge on any atom is 0.416 e. The summed E-state index contributed by atoms with van der Waals surface area (Å²) in [6, 6.07) is 7.65. The molecular formula is C25H26F7NO3. The first-order valence-electron chi connectivity index (χ1n) is 11.3. The fourth-order valence-electron chi connectivity index (χ4n) is 5.10. The SMILES string of the molecule is CC1(C2CCCC2c2ccc(F)cc2)CC(O)C(=O)N1.OCc1cc(C(F)(F)F)cc(C(F)(F)F)c1. The molecule has 1 saturated heterocycles. The highest BCUT2D eigenvalue weighted by molar-refractivity contribution is 5.84. The highest BCUT2D eigenvalue weighted by Crippen LogP contribution is 2.48. The number of hydrogen-bond acceptors (Lipinski definition) is 3. The van der Waals surface area contributed by atoms with Crippen molar-refractivity contribution in [1.82, 2.24) is 5.32 Å². The number of halogens is 7. The summed E-state index contributed by atoms with van der Waals surface area (Å²) in [7, 11) is 0. The molecule has 2 aliphatic rings. The molecule has 2 aromatic carbocycles. The van der Waals surface area contributed by atoms with Gasteiger partial charge in [0.1, 0.15) is 11.9 Å². The lowest BCUT2D eigenvalue weighted by Gasteiger charge is -2.35. The highest BCUT2D eigenvalue weighted by Gasteiger charge is 2.49. The van der Waals surface area contributed by atoms with E-state index in [-0.39, 0.29) is 23.3 Å². The van der Waals surface area contributed by atoms with Crippen LogP contribution >= 0.6 is 0 Å². The number of rotatable bonds is 3. The molecule has 1 aliphatic heterocycles.